The highest BCUT2D eigenvalue weighted by Crippen LogP contribution is 2.32. The molecule has 32 heavy (non-hydrogen) atoms. The number of aryl methyl sites for hydroxylation is 2. The summed E-state index contributed by atoms with van der Waals surface area (Å²) >= 11 is 1.73. The van der Waals surface area contributed by atoms with Crippen LogP contribution in [-0.4, -0.2) is 64.1 Å². The molecule has 2 aliphatic rings. The summed E-state index contributed by atoms with van der Waals surface area (Å²) in [6.45, 7) is 9.26. The third kappa shape index (κ3) is 3.84. The number of rotatable bonds is 6. The highest BCUT2D eigenvalue weighted by Gasteiger charge is 2.38. The zero-order chi connectivity index (χ0) is 22.2. The summed E-state index contributed by atoms with van der Waals surface area (Å²) in [7, 11) is 0. The summed E-state index contributed by atoms with van der Waals surface area (Å²) in [4.78, 5) is 32.4. The Morgan fingerprint density at radius 2 is 1.81 bits per heavy atom. The number of carbonyl (C=O) groups is 2. The molecule has 3 aromatic rings. The molecular formula is C24H27N5O2S. The Balaban J connectivity index is 1.29. The van der Waals surface area contributed by atoms with E-state index in [9.17, 15) is 9.59 Å². The number of imide groups is 1. The third-order valence-electron chi connectivity index (χ3n) is 6.32. The van der Waals surface area contributed by atoms with Crippen LogP contribution in [0.4, 0.5) is 5.69 Å². The SMILES string of the molecule is Cc1cc(C)n(CCN2C(=O)c3cccc(N4CCN(Cc5ccsc5)CC4)c3C2=O)n1. The maximum Gasteiger partial charge on any atom is 0.263 e. The Morgan fingerprint density at radius 3 is 2.50 bits per heavy atom. The molecule has 4 heterocycles. The predicted octanol–water partition coefficient (Wildman–Crippen LogP) is 3.18. The van der Waals surface area contributed by atoms with Crippen LogP contribution in [0.1, 0.15) is 37.7 Å². The first-order chi connectivity index (χ1) is 15.5. The van der Waals surface area contributed by atoms with Gasteiger partial charge in [0.1, 0.15) is 0 Å². The van der Waals surface area contributed by atoms with E-state index in [1.165, 1.54) is 10.5 Å². The van der Waals surface area contributed by atoms with Crippen molar-refractivity contribution in [3.63, 3.8) is 0 Å². The molecular weight excluding hydrogens is 422 g/mol. The molecule has 1 fully saturated rings. The second kappa shape index (κ2) is 8.52. The van der Waals surface area contributed by atoms with Crippen LogP contribution in [0.2, 0.25) is 0 Å². The van der Waals surface area contributed by atoms with Gasteiger partial charge in [-0.05, 0) is 54.4 Å². The predicted molar refractivity (Wildman–Crippen MR) is 125 cm³/mol. The van der Waals surface area contributed by atoms with E-state index >= 15 is 0 Å². The van der Waals surface area contributed by atoms with Gasteiger partial charge in [-0.3, -0.25) is 24.1 Å². The van der Waals surface area contributed by atoms with Crippen molar-refractivity contribution in [2.24, 2.45) is 0 Å². The van der Waals surface area contributed by atoms with Crippen molar-refractivity contribution in [1.82, 2.24) is 19.6 Å². The summed E-state index contributed by atoms with van der Waals surface area (Å²) < 4.78 is 1.85. The minimum Gasteiger partial charge on any atom is -0.368 e. The number of anilines is 1. The fourth-order valence-corrected chi connectivity index (χ4v) is 5.33. The van der Waals surface area contributed by atoms with Gasteiger partial charge < -0.3 is 4.90 Å². The van der Waals surface area contributed by atoms with E-state index in [0.717, 1.165) is 49.8 Å². The first-order valence-corrected chi connectivity index (χ1v) is 11.9. The minimum atomic E-state index is -0.204. The maximum atomic E-state index is 13.3. The number of thiophene rings is 1. The van der Waals surface area contributed by atoms with Gasteiger partial charge in [0.2, 0.25) is 0 Å². The second-order valence-electron chi connectivity index (χ2n) is 8.51. The molecule has 7 nitrogen and oxygen atoms in total. The zero-order valence-electron chi connectivity index (χ0n) is 18.5. The van der Waals surface area contributed by atoms with Crippen molar-refractivity contribution in [3.8, 4) is 0 Å². The lowest BCUT2D eigenvalue weighted by Crippen LogP contribution is -2.46. The van der Waals surface area contributed by atoms with Gasteiger partial charge in [-0.25, -0.2) is 0 Å². The van der Waals surface area contributed by atoms with Gasteiger partial charge in [0, 0.05) is 45.0 Å². The van der Waals surface area contributed by atoms with Crippen LogP contribution in [-0.2, 0) is 13.1 Å². The van der Waals surface area contributed by atoms with Gasteiger partial charge in [0.05, 0.1) is 29.1 Å². The summed E-state index contributed by atoms with van der Waals surface area (Å²) in [5.41, 5.74) is 5.26. The van der Waals surface area contributed by atoms with Gasteiger partial charge in [-0.2, -0.15) is 16.4 Å². The van der Waals surface area contributed by atoms with Gasteiger partial charge in [0.25, 0.3) is 11.8 Å². The Labute approximate surface area is 191 Å². The quantitative estimate of drug-likeness (QED) is 0.541. The molecule has 1 saturated heterocycles. The van der Waals surface area contributed by atoms with Crippen LogP contribution in [0, 0.1) is 13.8 Å². The monoisotopic (exact) mass is 449 g/mol. The number of benzene rings is 1. The van der Waals surface area contributed by atoms with Crippen molar-refractivity contribution in [3.05, 3.63) is 69.2 Å². The van der Waals surface area contributed by atoms with E-state index in [-0.39, 0.29) is 11.8 Å². The normalized spacial score (nSPS) is 16.8. The minimum absolute atomic E-state index is 0.192. The summed E-state index contributed by atoms with van der Waals surface area (Å²) in [6.07, 6.45) is 0. The summed E-state index contributed by atoms with van der Waals surface area (Å²) in [6, 6.07) is 9.81. The molecule has 1 aromatic carbocycles. The molecule has 5 rings (SSSR count). The van der Waals surface area contributed by atoms with Crippen LogP contribution >= 0.6 is 11.3 Å². The standard InChI is InChI=1S/C24H27N5O2S/c1-17-14-18(2)29(25-17)12-11-28-23(30)20-4-3-5-21(22(20)24(28)31)27-9-7-26(8-10-27)15-19-6-13-32-16-19/h3-6,13-14,16H,7-12,15H2,1-2H3. The van der Waals surface area contributed by atoms with E-state index in [4.69, 9.17) is 0 Å². The van der Waals surface area contributed by atoms with E-state index in [0.29, 0.717) is 24.2 Å². The first-order valence-electron chi connectivity index (χ1n) is 11.0. The Morgan fingerprint density at radius 1 is 1.00 bits per heavy atom. The van der Waals surface area contributed by atoms with E-state index < -0.39 is 0 Å². The molecule has 0 unspecified atom stereocenters. The molecule has 2 amide bonds. The molecule has 0 radical (unpaired) electrons. The second-order valence-corrected chi connectivity index (χ2v) is 9.29. The largest absolute Gasteiger partial charge is 0.368 e. The number of aromatic nitrogens is 2. The van der Waals surface area contributed by atoms with Crippen LogP contribution < -0.4 is 4.90 Å². The van der Waals surface area contributed by atoms with Gasteiger partial charge in [-0.1, -0.05) is 6.07 Å². The molecule has 2 aromatic heterocycles. The van der Waals surface area contributed by atoms with Crippen molar-refractivity contribution in [2.75, 3.05) is 37.6 Å². The van der Waals surface area contributed by atoms with E-state index in [1.54, 1.807) is 17.4 Å². The van der Waals surface area contributed by atoms with Gasteiger partial charge in [0.15, 0.2) is 0 Å². The molecule has 166 valence electrons. The average Bonchev–Trinajstić information content (AvgIpc) is 3.47. The maximum absolute atomic E-state index is 13.3. The van der Waals surface area contributed by atoms with Crippen LogP contribution in [0.25, 0.3) is 0 Å². The lowest BCUT2D eigenvalue weighted by molar-refractivity contribution is 0.0647. The fraction of sp³-hybridized carbons (Fsp3) is 0.375. The van der Waals surface area contributed by atoms with Crippen molar-refractivity contribution in [1.29, 1.82) is 0 Å². The zero-order valence-corrected chi connectivity index (χ0v) is 19.3. The van der Waals surface area contributed by atoms with E-state index in [2.05, 4.69) is 31.7 Å². The number of amides is 2. The van der Waals surface area contributed by atoms with Crippen LogP contribution in [0.3, 0.4) is 0 Å². The lowest BCUT2D eigenvalue weighted by Gasteiger charge is -2.36. The molecule has 8 heteroatoms. The molecule has 0 bridgehead atoms. The Hall–Kier alpha value is -2.97. The molecule has 0 spiro atoms. The number of hydrogen-bond acceptors (Lipinski definition) is 6. The van der Waals surface area contributed by atoms with Gasteiger partial charge >= 0.3 is 0 Å². The van der Waals surface area contributed by atoms with Crippen molar-refractivity contribution < 1.29 is 9.59 Å². The molecule has 2 aliphatic heterocycles. The van der Waals surface area contributed by atoms with Gasteiger partial charge in [-0.15, -0.1) is 0 Å². The van der Waals surface area contributed by atoms with Crippen LogP contribution in [0.15, 0.2) is 41.1 Å². The summed E-state index contributed by atoms with van der Waals surface area (Å²) in [5.74, 6) is -0.396. The first kappa shape index (κ1) is 20.9. The molecule has 0 saturated carbocycles. The molecule has 0 aliphatic carbocycles. The average molecular weight is 450 g/mol. The fourth-order valence-electron chi connectivity index (χ4n) is 4.67. The molecule has 0 atom stereocenters. The number of nitrogens with zero attached hydrogens (tertiary/aromatic N) is 5. The smallest absolute Gasteiger partial charge is 0.263 e. The Bertz CT molecular complexity index is 1150. The number of fused-ring (bicyclic) bond motifs is 1. The highest BCUT2D eigenvalue weighted by molar-refractivity contribution is 7.07. The Kier molecular flexibility index (Phi) is 5.57. The lowest BCUT2D eigenvalue weighted by atomic mass is 10.1. The number of carbonyl (C=O) groups excluding carboxylic acids is 2. The van der Waals surface area contributed by atoms with E-state index in [1.807, 2.05) is 36.7 Å². The molecule has 0 N–H and O–H groups in total. The summed E-state index contributed by atoms with van der Waals surface area (Å²) in [5, 5.41) is 8.76. The van der Waals surface area contributed by atoms with Crippen molar-refractivity contribution >= 4 is 28.8 Å². The number of hydrogen-bond donors (Lipinski definition) is 0. The van der Waals surface area contributed by atoms with Crippen molar-refractivity contribution in [2.45, 2.75) is 26.9 Å². The third-order valence-corrected chi connectivity index (χ3v) is 7.05. The topological polar surface area (TPSA) is 61.7 Å². The number of piperazine rings is 1. The van der Waals surface area contributed by atoms with Crippen LogP contribution in [0.5, 0.6) is 0 Å². The highest BCUT2D eigenvalue weighted by atomic mass is 32.1.